The molecule has 6 heteroatoms. The van der Waals surface area contributed by atoms with Gasteiger partial charge in [-0.3, -0.25) is 0 Å². The third-order valence-electron chi connectivity index (χ3n) is 3.43. The van der Waals surface area contributed by atoms with Crippen LogP contribution in [0.25, 0.3) is 11.1 Å². The van der Waals surface area contributed by atoms with Crippen molar-refractivity contribution in [2.24, 2.45) is 5.73 Å². The number of sulfone groups is 1. The van der Waals surface area contributed by atoms with Crippen LogP contribution in [-0.2, 0) is 9.84 Å². The van der Waals surface area contributed by atoms with E-state index >= 15 is 0 Å². The van der Waals surface area contributed by atoms with E-state index in [1.54, 1.807) is 42.5 Å². The van der Waals surface area contributed by atoms with Crippen LogP contribution in [-0.4, -0.2) is 32.5 Å². The topological polar surface area (TPSA) is 80.4 Å². The number of hydrogen-bond donors (Lipinski definition) is 2. The predicted octanol–water partition coefficient (Wildman–Crippen LogP) is 2.09. The average Bonchev–Trinajstić information content (AvgIpc) is 2.53. The van der Waals surface area contributed by atoms with Crippen molar-refractivity contribution in [3.8, 4) is 11.1 Å². The molecule has 0 unspecified atom stereocenters. The molecule has 0 radical (unpaired) electrons. The Bertz CT molecular complexity index is 744. The molecule has 3 N–H and O–H groups in total. The number of nitrogens with two attached hydrogens (primary N) is 1. The maximum absolute atomic E-state index is 12.5. The van der Waals surface area contributed by atoms with Crippen LogP contribution in [0.3, 0.4) is 0 Å². The van der Waals surface area contributed by atoms with Crippen LogP contribution in [0.2, 0.25) is 0 Å². The Hall–Kier alpha value is -1.76. The van der Waals surface area contributed by atoms with Crippen LogP contribution in [0.4, 0.5) is 4.39 Å². The molecule has 2 aromatic carbocycles. The summed E-state index contributed by atoms with van der Waals surface area (Å²) in [6, 6.07) is 12.4. The van der Waals surface area contributed by atoms with E-state index in [1.807, 2.05) is 0 Å². The highest BCUT2D eigenvalue weighted by molar-refractivity contribution is 7.90. The smallest absolute Gasteiger partial charge is 0.175 e. The lowest BCUT2D eigenvalue weighted by molar-refractivity contribution is 0.132. The molecule has 0 fully saturated rings. The van der Waals surface area contributed by atoms with E-state index in [1.165, 1.54) is 6.07 Å². The Morgan fingerprint density at radius 2 is 1.77 bits per heavy atom. The van der Waals surface area contributed by atoms with Crippen LogP contribution in [0.5, 0.6) is 0 Å². The quantitative estimate of drug-likeness (QED) is 0.883. The van der Waals surface area contributed by atoms with Crippen molar-refractivity contribution < 1.29 is 17.9 Å². The van der Waals surface area contributed by atoms with Crippen molar-refractivity contribution in [2.45, 2.75) is 17.0 Å². The van der Waals surface area contributed by atoms with E-state index in [0.29, 0.717) is 5.56 Å². The van der Waals surface area contributed by atoms with Crippen molar-refractivity contribution in [2.75, 3.05) is 12.9 Å². The highest BCUT2D eigenvalue weighted by atomic mass is 32.2. The number of rotatable bonds is 5. The van der Waals surface area contributed by atoms with E-state index in [0.717, 1.165) is 17.4 Å². The second-order valence-corrected chi connectivity index (χ2v) is 7.20. The Morgan fingerprint density at radius 1 is 1.14 bits per heavy atom. The van der Waals surface area contributed by atoms with Crippen LogP contribution in [0, 0.1) is 0 Å². The number of halogens is 1. The number of alkyl halides is 1. The molecule has 0 spiro atoms. The van der Waals surface area contributed by atoms with Gasteiger partial charge in [0.05, 0.1) is 17.0 Å². The molecule has 0 saturated carbocycles. The molecule has 0 aliphatic carbocycles. The largest absolute Gasteiger partial charge is 0.387 e. The lowest BCUT2D eigenvalue weighted by Gasteiger charge is -2.16. The molecule has 118 valence electrons. The maximum atomic E-state index is 12.5. The van der Waals surface area contributed by atoms with E-state index in [9.17, 15) is 17.9 Å². The molecule has 22 heavy (non-hydrogen) atoms. The maximum Gasteiger partial charge on any atom is 0.175 e. The molecule has 0 bridgehead atoms. The normalized spacial score (nSPS) is 14.5. The SMILES string of the molecule is CS(=O)(=O)c1cccc(-c2ccc([C@@H](O)[C@H](N)CF)cc2)c1. The van der Waals surface area contributed by atoms with Gasteiger partial charge in [0.15, 0.2) is 9.84 Å². The third-order valence-corrected chi connectivity index (χ3v) is 4.54. The van der Waals surface area contributed by atoms with E-state index < -0.39 is 28.7 Å². The highest BCUT2D eigenvalue weighted by Crippen LogP contribution is 2.25. The van der Waals surface area contributed by atoms with Crippen LogP contribution in [0.15, 0.2) is 53.4 Å². The van der Waals surface area contributed by atoms with Crippen LogP contribution >= 0.6 is 0 Å². The third kappa shape index (κ3) is 3.71. The van der Waals surface area contributed by atoms with Gasteiger partial charge >= 0.3 is 0 Å². The molecular weight excluding hydrogens is 305 g/mol. The Labute approximate surface area is 129 Å². The zero-order valence-corrected chi connectivity index (χ0v) is 12.9. The molecular formula is C16H18FNO3S. The molecule has 0 saturated heterocycles. The van der Waals surface area contributed by atoms with Gasteiger partial charge in [-0.25, -0.2) is 12.8 Å². The first-order valence-electron chi connectivity index (χ1n) is 6.73. The first kappa shape index (κ1) is 16.6. The Kier molecular flexibility index (Phi) is 4.95. The zero-order valence-electron chi connectivity index (χ0n) is 12.1. The minimum absolute atomic E-state index is 0.244. The first-order chi connectivity index (χ1) is 10.3. The van der Waals surface area contributed by atoms with Crippen LogP contribution in [0.1, 0.15) is 11.7 Å². The fourth-order valence-corrected chi connectivity index (χ4v) is 2.78. The fraction of sp³-hybridized carbons (Fsp3) is 0.250. The molecule has 2 aromatic rings. The Balaban J connectivity index is 2.32. The predicted molar refractivity (Wildman–Crippen MR) is 83.9 cm³/mol. The molecule has 0 aliphatic heterocycles. The second kappa shape index (κ2) is 6.56. The minimum Gasteiger partial charge on any atom is -0.387 e. The lowest BCUT2D eigenvalue weighted by atomic mass is 9.99. The van der Waals surface area contributed by atoms with E-state index in [-0.39, 0.29) is 4.90 Å². The van der Waals surface area contributed by atoms with Gasteiger partial charge in [-0.1, -0.05) is 36.4 Å². The molecule has 0 heterocycles. The van der Waals surface area contributed by atoms with Gasteiger partial charge in [-0.15, -0.1) is 0 Å². The molecule has 0 amide bonds. The summed E-state index contributed by atoms with van der Waals surface area (Å²) in [7, 11) is -3.27. The van der Waals surface area contributed by atoms with E-state index in [4.69, 9.17) is 5.73 Å². The minimum atomic E-state index is -3.27. The summed E-state index contributed by atoms with van der Waals surface area (Å²) >= 11 is 0. The number of aliphatic hydroxyl groups excluding tert-OH is 1. The van der Waals surface area contributed by atoms with Gasteiger partial charge in [0.2, 0.25) is 0 Å². The van der Waals surface area contributed by atoms with Crippen molar-refractivity contribution in [3.05, 3.63) is 54.1 Å². The molecule has 2 atom stereocenters. The number of hydrogen-bond acceptors (Lipinski definition) is 4. The number of benzene rings is 2. The standard InChI is InChI=1S/C16H18FNO3S/c1-22(20,21)14-4-2-3-13(9-14)11-5-7-12(8-6-11)16(19)15(18)10-17/h2-9,15-16,19H,10,18H2,1H3/t15-,16-/m1/s1. The summed E-state index contributed by atoms with van der Waals surface area (Å²) < 4.78 is 35.7. The van der Waals surface area contributed by atoms with Gasteiger partial charge in [0.25, 0.3) is 0 Å². The van der Waals surface area contributed by atoms with Gasteiger partial charge in [0, 0.05) is 6.26 Å². The van der Waals surface area contributed by atoms with Gasteiger partial charge < -0.3 is 10.8 Å². The summed E-state index contributed by atoms with van der Waals surface area (Å²) in [5.41, 5.74) is 7.55. The number of aliphatic hydroxyl groups is 1. The Morgan fingerprint density at radius 3 is 2.32 bits per heavy atom. The molecule has 0 aromatic heterocycles. The summed E-state index contributed by atoms with van der Waals surface area (Å²) in [4.78, 5) is 0.244. The molecule has 0 aliphatic rings. The fourth-order valence-electron chi connectivity index (χ4n) is 2.11. The highest BCUT2D eigenvalue weighted by Gasteiger charge is 2.16. The summed E-state index contributed by atoms with van der Waals surface area (Å²) in [6.45, 7) is -0.806. The second-order valence-electron chi connectivity index (χ2n) is 5.19. The van der Waals surface area contributed by atoms with Crippen molar-refractivity contribution in [3.63, 3.8) is 0 Å². The zero-order chi connectivity index (χ0) is 16.3. The monoisotopic (exact) mass is 323 g/mol. The molecule has 4 nitrogen and oxygen atoms in total. The lowest BCUT2D eigenvalue weighted by Crippen LogP contribution is -2.30. The van der Waals surface area contributed by atoms with Gasteiger partial charge in [-0.2, -0.15) is 0 Å². The summed E-state index contributed by atoms with van der Waals surface area (Å²) in [5, 5.41) is 9.86. The van der Waals surface area contributed by atoms with Crippen LogP contribution < -0.4 is 5.73 Å². The van der Waals surface area contributed by atoms with Gasteiger partial charge in [0.1, 0.15) is 6.67 Å². The first-order valence-corrected chi connectivity index (χ1v) is 8.62. The van der Waals surface area contributed by atoms with Crippen molar-refractivity contribution in [1.29, 1.82) is 0 Å². The summed E-state index contributed by atoms with van der Waals surface area (Å²) in [5.74, 6) is 0. The molecule has 2 rings (SSSR count). The van der Waals surface area contributed by atoms with Gasteiger partial charge in [-0.05, 0) is 28.8 Å². The van der Waals surface area contributed by atoms with E-state index in [2.05, 4.69) is 0 Å². The van der Waals surface area contributed by atoms with Crippen molar-refractivity contribution >= 4 is 9.84 Å². The summed E-state index contributed by atoms with van der Waals surface area (Å²) in [6.07, 6.45) is 0.0885. The van der Waals surface area contributed by atoms with Crippen molar-refractivity contribution in [1.82, 2.24) is 0 Å². The average molecular weight is 323 g/mol.